The second-order valence-corrected chi connectivity index (χ2v) is 9.60. The predicted octanol–water partition coefficient (Wildman–Crippen LogP) is 3.42. The predicted molar refractivity (Wildman–Crippen MR) is 134 cm³/mol. The molecule has 2 aromatic rings. The zero-order valence-corrected chi connectivity index (χ0v) is 21.3. The average Bonchev–Trinajstić information content (AvgIpc) is 3.38. The molecular weight excluding hydrogens is 490 g/mol. The summed E-state index contributed by atoms with van der Waals surface area (Å²) >= 11 is 0. The molecule has 1 fully saturated rings. The number of carbonyl (C=O) groups excluding carboxylic acids is 1. The van der Waals surface area contributed by atoms with E-state index in [9.17, 15) is 17.8 Å². The summed E-state index contributed by atoms with van der Waals surface area (Å²) < 4.78 is 44.1. The van der Waals surface area contributed by atoms with Gasteiger partial charge in [0.1, 0.15) is 0 Å². The average molecular weight is 521 g/mol. The SMILES string of the molecule is CN=C/C=C\C(=C\N(C=O)Cc1ccc(-c2nnc(C(F)F)o2)cc1)N(C)C1CCN(S(C)=O)CC1. The van der Waals surface area contributed by atoms with Gasteiger partial charge in [-0.2, -0.15) is 8.78 Å². The van der Waals surface area contributed by atoms with Crippen molar-refractivity contribution in [2.45, 2.75) is 31.9 Å². The molecule has 1 aromatic carbocycles. The van der Waals surface area contributed by atoms with Crippen LogP contribution in [-0.2, 0) is 22.3 Å². The lowest BCUT2D eigenvalue weighted by atomic mass is 10.0. The number of halogens is 2. The summed E-state index contributed by atoms with van der Waals surface area (Å²) in [5.74, 6) is -0.716. The number of carbonyl (C=O) groups is 1. The monoisotopic (exact) mass is 520 g/mol. The van der Waals surface area contributed by atoms with E-state index in [1.54, 1.807) is 50.0 Å². The smallest absolute Gasteiger partial charge is 0.314 e. The lowest BCUT2D eigenvalue weighted by Gasteiger charge is -2.37. The largest absolute Gasteiger partial charge is 0.415 e. The molecular formula is C24H30F2N6O3S. The van der Waals surface area contributed by atoms with Gasteiger partial charge in [-0.25, -0.2) is 8.51 Å². The van der Waals surface area contributed by atoms with Crippen LogP contribution in [0.1, 0.15) is 30.7 Å². The molecule has 1 unspecified atom stereocenters. The van der Waals surface area contributed by atoms with Crippen LogP contribution >= 0.6 is 0 Å². The Balaban J connectivity index is 1.74. The number of allylic oxidation sites excluding steroid dienone is 2. The molecule has 2 heterocycles. The van der Waals surface area contributed by atoms with Gasteiger partial charge in [0.25, 0.3) is 5.89 Å². The number of hydrogen-bond acceptors (Lipinski definition) is 7. The van der Waals surface area contributed by atoms with Gasteiger partial charge < -0.3 is 14.2 Å². The number of amides is 1. The van der Waals surface area contributed by atoms with Crippen molar-refractivity contribution >= 4 is 23.6 Å². The summed E-state index contributed by atoms with van der Waals surface area (Å²) in [6.07, 6.45) is 8.49. The van der Waals surface area contributed by atoms with Crippen LogP contribution in [0.3, 0.4) is 0 Å². The van der Waals surface area contributed by atoms with E-state index in [-0.39, 0.29) is 11.9 Å². The van der Waals surface area contributed by atoms with E-state index >= 15 is 0 Å². The standard InChI is InChI=1S/C24H30F2N6O3S/c1-27-12-4-5-21(30(2)20-10-13-32(14-11-20)36(3)34)16-31(17-33)15-18-6-8-19(9-7-18)23-28-29-24(35-23)22(25)26/h4-9,12,16-17,20,22H,10-11,13-15H2,1-3H3/b5-4-,21-16-,27-12?. The number of rotatable bonds is 11. The van der Waals surface area contributed by atoms with Gasteiger partial charge in [-0.15, -0.1) is 10.2 Å². The number of nitrogens with zero attached hydrogens (tertiary/aromatic N) is 6. The highest BCUT2D eigenvalue weighted by molar-refractivity contribution is 7.81. The highest BCUT2D eigenvalue weighted by Gasteiger charge is 2.25. The van der Waals surface area contributed by atoms with Gasteiger partial charge in [-0.3, -0.25) is 9.79 Å². The first-order valence-corrected chi connectivity index (χ1v) is 12.9. The van der Waals surface area contributed by atoms with Crippen molar-refractivity contribution in [1.29, 1.82) is 0 Å². The molecule has 1 aromatic heterocycles. The molecule has 36 heavy (non-hydrogen) atoms. The minimum absolute atomic E-state index is 0.00794. The lowest BCUT2D eigenvalue weighted by molar-refractivity contribution is -0.116. The Kier molecular flexibility index (Phi) is 10.00. The number of likely N-dealkylation sites (N-methyl/N-ethyl adjacent to an activating group) is 1. The Morgan fingerprint density at radius 3 is 2.53 bits per heavy atom. The van der Waals surface area contributed by atoms with Gasteiger partial charge in [0.15, 0.2) is 0 Å². The maximum absolute atomic E-state index is 12.7. The topological polar surface area (TPSA) is 95.1 Å². The molecule has 1 aliphatic rings. The highest BCUT2D eigenvalue weighted by Crippen LogP contribution is 2.24. The van der Waals surface area contributed by atoms with Gasteiger partial charge >= 0.3 is 6.43 Å². The first-order valence-electron chi connectivity index (χ1n) is 11.4. The Hall–Kier alpha value is -3.25. The minimum Gasteiger partial charge on any atom is -0.415 e. The number of alkyl halides is 2. The van der Waals surface area contributed by atoms with Gasteiger partial charge in [0.2, 0.25) is 12.3 Å². The summed E-state index contributed by atoms with van der Waals surface area (Å²) in [5.41, 5.74) is 2.17. The summed E-state index contributed by atoms with van der Waals surface area (Å²) in [6, 6.07) is 7.15. The van der Waals surface area contributed by atoms with Gasteiger partial charge in [-0.05, 0) is 42.7 Å². The maximum Gasteiger partial charge on any atom is 0.314 e. The van der Waals surface area contributed by atoms with Crippen LogP contribution in [-0.4, -0.2) is 80.6 Å². The van der Waals surface area contributed by atoms with E-state index in [1.807, 2.05) is 23.5 Å². The third kappa shape index (κ3) is 7.37. The molecule has 0 N–H and O–H groups in total. The van der Waals surface area contributed by atoms with Crippen molar-refractivity contribution in [3.8, 4) is 11.5 Å². The lowest BCUT2D eigenvalue weighted by Crippen LogP contribution is -2.43. The first-order chi connectivity index (χ1) is 17.3. The van der Waals surface area contributed by atoms with Gasteiger partial charge in [0.05, 0.1) is 23.2 Å². The fourth-order valence-electron chi connectivity index (χ4n) is 3.86. The van der Waals surface area contributed by atoms with Crippen LogP contribution < -0.4 is 0 Å². The summed E-state index contributed by atoms with van der Waals surface area (Å²) in [6.45, 7) is 1.79. The van der Waals surface area contributed by atoms with E-state index in [0.29, 0.717) is 12.1 Å². The first kappa shape index (κ1) is 27.3. The molecule has 1 atom stereocenters. The number of piperidine rings is 1. The van der Waals surface area contributed by atoms with Gasteiger partial charge in [0, 0.05) is 57.5 Å². The van der Waals surface area contributed by atoms with Crippen molar-refractivity contribution in [2.75, 3.05) is 33.4 Å². The normalized spacial score (nSPS) is 16.8. The van der Waals surface area contributed by atoms with Crippen LogP contribution in [0.5, 0.6) is 0 Å². The minimum atomic E-state index is -2.83. The Labute approximate surface area is 211 Å². The summed E-state index contributed by atoms with van der Waals surface area (Å²) in [4.78, 5) is 19.6. The van der Waals surface area contributed by atoms with E-state index in [1.165, 1.54) is 4.90 Å². The fourth-order valence-corrected chi connectivity index (χ4v) is 4.59. The van der Waals surface area contributed by atoms with Crippen LogP contribution in [0.15, 0.2) is 57.7 Å². The van der Waals surface area contributed by atoms with Crippen molar-refractivity contribution < 1.29 is 22.2 Å². The van der Waals surface area contributed by atoms with Crippen LogP contribution in [0.4, 0.5) is 8.78 Å². The van der Waals surface area contributed by atoms with Gasteiger partial charge in [-0.1, -0.05) is 12.1 Å². The zero-order valence-electron chi connectivity index (χ0n) is 20.5. The molecule has 194 valence electrons. The number of benzene rings is 1. The molecule has 1 amide bonds. The third-order valence-electron chi connectivity index (χ3n) is 5.87. The Bertz CT molecular complexity index is 1110. The molecule has 9 nitrogen and oxygen atoms in total. The molecule has 0 radical (unpaired) electrons. The molecule has 0 spiro atoms. The Morgan fingerprint density at radius 2 is 1.97 bits per heavy atom. The van der Waals surface area contributed by atoms with E-state index in [2.05, 4.69) is 20.1 Å². The van der Waals surface area contributed by atoms with E-state index in [4.69, 9.17) is 4.42 Å². The van der Waals surface area contributed by atoms with Crippen molar-refractivity contribution in [3.63, 3.8) is 0 Å². The van der Waals surface area contributed by atoms with Crippen LogP contribution in [0.2, 0.25) is 0 Å². The van der Waals surface area contributed by atoms with E-state index in [0.717, 1.165) is 43.6 Å². The molecule has 1 saturated heterocycles. The fraction of sp³-hybridized carbons (Fsp3) is 0.417. The van der Waals surface area contributed by atoms with Crippen LogP contribution in [0.25, 0.3) is 11.5 Å². The summed E-state index contributed by atoms with van der Waals surface area (Å²) in [5, 5.41) is 6.99. The number of aromatic nitrogens is 2. The number of hydrogen-bond donors (Lipinski definition) is 0. The molecule has 12 heteroatoms. The molecule has 1 aliphatic heterocycles. The Morgan fingerprint density at radius 1 is 1.28 bits per heavy atom. The molecule has 3 rings (SSSR count). The summed E-state index contributed by atoms with van der Waals surface area (Å²) in [7, 11) is 2.69. The highest BCUT2D eigenvalue weighted by atomic mass is 32.2. The van der Waals surface area contributed by atoms with Crippen LogP contribution in [0, 0.1) is 0 Å². The third-order valence-corrected chi connectivity index (χ3v) is 6.96. The number of aliphatic imine (C=N–C) groups is 1. The van der Waals surface area contributed by atoms with E-state index < -0.39 is 23.3 Å². The molecule has 0 bridgehead atoms. The molecule has 0 aliphatic carbocycles. The second kappa shape index (κ2) is 13.2. The van der Waals surface area contributed by atoms with Crippen molar-refractivity contribution in [3.05, 3.63) is 59.8 Å². The second-order valence-electron chi connectivity index (χ2n) is 8.24. The quantitative estimate of drug-likeness (QED) is 0.256. The molecule has 0 saturated carbocycles. The van der Waals surface area contributed by atoms with Crippen molar-refractivity contribution in [2.24, 2.45) is 4.99 Å². The maximum atomic E-state index is 12.7. The van der Waals surface area contributed by atoms with Crippen molar-refractivity contribution in [1.82, 2.24) is 24.3 Å². The zero-order chi connectivity index (χ0) is 26.1.